The van der Waals surface area contributed by atoms with Gasteiger partial charge >= 0.3 is 0 Å². The molecule has 3 saturated carbocycles. The Balaban J connectivity index is 1.60. The smallest absolute Gasteiger partial charge is 0.00793 e. The molecule has 4 aliphatic rings. The van der Waals surface area contributed by atoms with Gasteiger partial charge in [0.25, 0.3) is 0 Å². The minimum Gasteiger partial charge on any atom is -0.0845 e. The Bertz CT molecular complexity index is 689. The van der Waals surface area contributed by atoms with Crippen LogP contribution < -0.4 is 0 Å². The summed E-state index contributed by atoms with van der Waals surface area (Å²) in [6, 6.07) is 0. The molecule has 0 aliphatic heterocycles. The molecule has 0 heterocycles. The maximum atomic E-state index is 2.71. The molecule has 3 fully saturated rings. The maximum Gasteiger partial charge on any atom is -0.00793 e. The first-order chi connectivity index (χ1) is 13.3. The Morgan fingerprint density at radius 1 is 1.00 bits per heavy atom. The lowest BCUT2D eigenvalue weighted by molar-refractivity contribution is -0.0137. The highest BCUT2D eigenvalue weighted by Crippen LogP contribution is 2.66. The van der Waals surface area contributed by atoms with Crippen LogP contribution in [-0.2, 0) is 0 Å². The number of hydrogen-bond donors (Lipinski definition) is 0. The summed E-state index contributed by atoms with van der Waals surface area (Å²) in [6.07, 6.45) is 20.5. The van der Waals surface area contributed by atoms with E-state index in [4.69, 9.17) is 0 Å². The Labute approximate surface area is 175 Å². The zero-order chi connectivity index (χ0) is 20.1. The van der Waals surface area contributed by atoms with Crippen molar-refractivity contribution in [1.82, 2.24) is 0 Å². The van der Waals surface area contributed by atoms with Gasteiger partial charge in [-0.1, -0.05) is 76.0 Å². The van der Waals surface area contributed by atoms with E-state index in [0.717, 1.165) is 23.7 Å². The van der Waals surface area contributed by atoms with Crippen molar-refractivity contribution < 1.29 is 0 Å². The van der Waals surface area contributed by atoms with Crippen LogP contribution in [0.15, 0.2) is 34.9 Å². The lowest BCUT2D eigenvalue weighted by Crippen LogP contribution is -2.48. The van der Waals surface area contributed by atoms with Crippen molar-refractivity contribution in [3.63, 3.8) is 0 Å². The maximum absolute atomic E-state index is 2.71. The van der Waals surface area contributed by atoms with Gasteiger partial charge in [-0.3, -0.25) is 0 Å². The zero-order valence-electron chi connectivity index (χ0n) is 19.5. The van der Waals surface area contributed by atoms with Crippen LogP contribution >= 0.6 is 0 Å². The lowest BCUT2D eigenvalue weighted by atomic mass is 9.48. The molecule has 0 heteroatoms. The summed E-state index contributed by atoms with van der Waals surface area (Å²) in [6.45, 7) is 14.7. The third kappa shape index (κ3) is 3.18. The summed E-state index contributed by atoms with van der Waals surface area (Å²) in [5, 5.41) is 0. The fourth-order valence-corrected chi connectivity index (χ4v) is 7.78. The van der Waals surface area contributed by atoms with Crippen LogP contribution in [0.2, 0.25) is 0 Å². The fraction of sp³-hybridized carbons (Fsp3) is 0.786. The van der Waals surface area contributed by atoms with Crippen molar-refractivity contribution in [3.8, 4) is 0 Å². The van der Waals surface area contributed by atoms with Gasteiger partial charge in [-0.15, -0.1) is 0 Å². The second-order valence-electron chi connectivity index (χ2n) is 11.6. The van der Waals surface area contributed by atoms with Gasteiger partial charge in [-0.05, 0) is 98.7 Å². The molecular weight excluding hydrogens is 336 g/mol. The molecule has 0 aromatic carbocycles. The van der Waals surface area contributed by atoms with E-state index < -0.39 is 0 Å². The molecule has 0 amide bonds. The van der Waals surface area contributed by atoms with Crippen LogP contribution in [0.1, 0.15) is 99.3 Å². The van der Waals surface area contributed by atoms with Crippen molar-refractivity contribution in [2.75, 3.05) is 0 Å². The largest absolute Gasteiger partial charge is 0.0845 e. The first-order valence-electron chi connectivity index (χ1n) is 12.4. The number of hydrogen-bond acceptors (Lipinski definition) is 0. The first kappa shape index (κ1) is 20.5. The number of allylic oxidation sites excluding steroid dienone is 6. The Morgan fingerprint density at radius 3 is 2.50 bits per heavy atom. The van der Waals surface area contributed by atoms with Crippen molar-refractivity contribution in [3.05, 3.63) is 34.9 Å². The number of rotatable bonds is 3. The molecule has 0 unspecified atom stereocenters. The van der Waals surface area contributed by atoms with E-state index in [2.05, 4.69) is 59.8 Å². The summed E-state index contributed by atoms with van der Waals surface area (Å²) in [7, 11) is 0. The van der Waals surface area contributed by atoms with Crippen LogP contribution in [-0.4, -0.2) is 0 Å². The van der Waals surface area contributed by atoms with E-state index >= 15 is 0 Å². The molecule has 4 aliphatic carbocycles. The molecule has 28 heavy (non-hydrogen) atoms. The highest BCUT2D eigenvalue weighted by Gasteiger charge is 2.56. The monoisotopic (exact) mass is 380 g/mol. The predicted octanol–water partition coefficient (Wildman–Crippen LogP) is 8.50. The van der Waals surface area contributed by atoms with Gasteiger partial charge in [-0.2, -0.15) is 0 Å². The molecule has 0 spiro atoms. The molecule has 4 rings (SSSR count). The topological polar surface area (TPSA) is 0 Å². The van der Waals surface area contributed by atoms with E-state index in [1.54, 1.807) is 5.57 Å². The van der Waals surface area contributed by atoms with Crippen molar-refractivity contribution in [1.29, 1.82) is 0 Å². The van der Waals surface area contributed by atoms with Gasteiger partial charge in [0.1, 0.15) is 0 Å². The summed E-state index contributed by atoms with van der Waals surface area (Å²) >= 11 is 0. The third-order valence-electron chi connectivity index (χ3n) is 9.98. The average Bonchev–Trinajstić information content (AvgIpc) is 3.02. The van der Waals surface area contributed by atoms with Crippen molar-refractivity contribution in [2.24, 2.45) is 40.4 Å². The van der Waals surface area contributed by atoms with E-state index in [1.807, 2.05) is 11.1 Å². The van der Waals surface area contributed by atoms with Crippen LogP contribution in [0.3, 0.4) is 0 Å². The molecule has 0 radical (unpaired) electrons. The Morgan fingerprint density at radius 2 is 1.75 bits per heavy atom. The average molecular weight is 381 g/mol. The molecule has 0 bridgehead atoms. The second-order valence-corrected chi connectivity index (χ2v) is 11.6. The molecule has 0 aromatic rings. The van der Waals surface area contributed by atoms with Crippen LogP contribution in [0.25, 0.3) is 0 Å². The fourth-order valence-electron chi connectivity index (χ4n) is 7.78. The van der Waals surface area contributed by atoms with Gasteiger partial charge in [0.15, 0.2) is 0 Å². The Kier molecular flexibility index (Phi) is 5.47. The molecule has 0 saturated heterocycles. The predicted molar refractivity (Wildman–Crippen MR) is 122 cm³/mol. The lowest BCUT2D eigenvalue weighted by Gasteiger charge is -2.57. The standard InChI is InChI=1S/C28H44/c1-19(2)20(3)10-11-21(4)24-14-15-25-23-13-12-22-9-7-8-17-27(22,5)26(23)16-18-28(24,25)6/h10-12,19-20,23,25-26H,7-9,13-18H2,1-6H3/t20-,23-,25-,26-,27-,28+/m0/s1. The van der Waals surface area contributed by atoms with E-state index in [-0.39, 0.29) is 0 Å². The summed E-state index contributed by atoms with van der Waals surface area (Å²) < 4.78 is 0. The van der Waals surface area contributed by atoms with Gasteiger partial charge in [0.05, 0.1) is 0 Å². The molecule has 156 valence electrons. The molecule has 0 aromatic heterocycles. The Hall–Kier alpha value is -0.780. The molecular formula is C28H44. The van der Waals surface area contributed by atoms with E-state index in [9.17, 15) is 0 Å². The minimum atomic E-state index is 0.465. The second kappa shape index (κ2) is 7.48. The quantitative estimate of drug-likeness (QED) is 0.430. The normalized spacial score (nSPS) is 43.4. The van der Waals surface area contributed by atoms with Crippen LogP contribution in [0.4, 0.5) is 0 Å². The SMILES string of the molecule is CC(C=C[C@H](C)C(C)C)=C1CC[C@H]2[C@@H]3CC=C4CCCC[C@]4(C)[C@H]3CC[C@]12C. The molecule has 0 nitrogen and oxygen atoms in total. The highest BCUT2D eigenvalue weighted by atomic mass is 14.6. The minimum absolute atomic E-state index is 0.465. The summed E-state index contributed by atoms with van der Waals surface area (Å²) in [5.74, 6) is 4.22. The van der Waals surface area contributed by atoms with E-state index in [1.165, 1.54) is 57.8 Å². The van der Waals surface area contributed by atoms with Gasteiger partial charge in [0.2, 0.25) is 0 Å². The first-order valence-corrected chi connectivity index (χ1v) is 12.4. The zero-order valence-corrected chi connectivity index (χ0v) is 19.5. The summed E-state index contributed by atoms with van der Waals surface area (Å²) in [5.41, 5.74) is 6.25. The van der Waals surface area contributed by atoms with Crippen molar-refractivity contribution >= 4 is 0 Å². The third-order valence-corrected chi connectivity index (χ3v) is 9.98. The van der Waals surface area contributed by atoms with Crippen LogP contribution in [0, 0.1) is 40.4 Å². The van der Waals surface area contributed by atoms with Gasteiger partial charge in [0, 0.05) is 0 Å². The molecule has 0 N–H and O–H groups in total. The van der Waals surface area contributed by atoms with Crippen LogP contribution in [0.5, 0.6) is 0 Å². The van der Waals surface area contributed by atoms with Crippen molar-refractivity contribution in [2.45, 2.75) is 99.3 Å². The number of fused-ring (bicyclic) bond motifs is 5. The highest BCUT2D eigenvalue weighted by molar-refractivity contribution is 5.35. The van der Waals surface area contributed by atoms with E-state index in [0.29, 0.717) is 16.7 Å². The molecule has 6 atom stereocenters. The summed E-state index contributed by atoms with van der Waals surface area (Å²) in [4.78, 5) is 0. The van der Waals surface area contributed by atoms with Gasteiger partial charge < -0.3 is 0 Å². The van der Waals surface area contributed by atoms with Gasteiger partial charge in [-0.25, -0.2) is 0 Å².